The monoisotopic (exact) mass is 314 g/mol. The highest BCUT2D eigenvalue weighted by Gasteiger charge is 2.16. The van der Waals surface area contributed by atoms with E-state index >= 15 is 0 Å². The van der Waals surface area contributed by atoms with E-state index in [2.05, 4.69) is 0 Å². The Labute approximate surface area is 128 Å². The van der Waals surface area contributed by atoms with Crippen LogP contribution in [0.2, 0.25) is 10.0 Å². The summed E-state index contributed by atoms with van der Waals surface area (Å²) in [5.74, 6) is 0.713. The summed E-state index contributed by atoms with van der Waals surface area (Å²) in [5.41, 5.74) is 2.90. The lowest BCUT2D eigenvalue weighted by atomic mass is 10.00. The van der Waals surface area contributed by atoms with Gasteiger partial charge in [-0.25, -0.2) is 0 Å². The molecule has 0 aromatic heterocycles. The molecule has 0 aliphatic heterocycles. The fourth-order valence-corrected chi connectivity index (χ4v) is 2.93. The SMILES string of the molecule is COc1ccc(C(Cl)c2ccc(Cl)cc2C)c(Cl)c1. The van der Waals surface area contributed by atoms with Gasteiger partial charge in [0.05, 0.1) is 12.5 Å². The molecule has 0 saturated heterocycles. The summed E-state index contributed by atoms with van der Waals surface area (Å²) in [5, 5.41) is 0.982. The molecule has 0 fully saturated rings. The zero-order chi connectivity index (χ0) is 14.0. The Hall–Kier alpha value is -0.890. The van der Waals surface area contributed by atoms with E-state index in [9.17, 15) is 0 Å². The molecule has 100 valence electrons. The van der Waals surface area contributed by atoms with Gasteiger partial charge in [0.25, 0.3) is 0 Å². The minimum Gasteiger partial charge on any atom is -0.497 e. The minimum absolute atomic E-state index is 0.310. The smallest absolute Gasteiger partial charge is 0.120 e. The van der Waals surface area contributed by atoms with Crippen LogP contribution in [-0.4, -0.2) is 7.11 Å². The number of benzene rings is 2. The van der Waals surface area contributed by atoms with E-state index in [0.29, 0.717) is 15.8 Å². The zero-order valence-corrected chi connectivity index (χ0v) is 12.9. The average Bonchev–Trinajstić information content (AvgIpc) is 2.37. The fraction of sp³-hybridized carbons (Fsp3) is 0.200. The van der Waals surface area contributed by atoms with Crippen molar-refractivity contribution in [1.29, 1.82) is 0 Å². The molecule has 0 N–H and O–H groups in total. The van der Waals surface area contributed by atoms with Gasteiger partial charge in [-0.15, -0.1) is 11.6 Å². The molecule has 2 rings (SSSR count). The van der Waals surface area contributed by atoms with Gasteiger partial charge in [-0.3, -0.25) is 0 Å². The maximum atomic E-state index is 6.52. The van der Waals surface area contributed by atoms with Crippen molar-refractivity contribution >= 4 is 34.8 Å². The molecule has 0 bridgehead atoms. The van der Waals surface area contributed by atoms with Crippen molar-refractivity contribution < 1.29 is 4.74 Å². The van der Waals surface area contributed by atoms with E-state index in [0.717, 1.165) is 16.7 Å². The number of halogens is 3. The molecule has 2 aromatic rings. The average molecular weight is 316 g/mol. The molecular formula is C15H13Cl3O. The summed E-state index contributed by atoms with van der Waals surface area (Å²) in [6, 6.07) is 11.1. The standard InChI is InChI=1S/C15H13Cl3O/c1-9-7-10(16)3-5-12(9)15(18)13-6-4-11(19-2)8-14(13)17/h3-8,15H,1-2H3. The third kappa shape index (κ3) is 3.17. The number of aryl methyl sites for hydroxylation is 1. The van der Waals surface area contributed by atoms with Crippen molar-refractivity contribution in [2.45, 2.75) is 12.3 Å². The lowest BCUT2D eigenvalue weighted by molar-refractivity contribution is 0.414. The molecule has 0 aliphatic carbocycles. The Balaban J connectivity index is 2.41. The van der Waals surface area contributed by atoms with Crippen molar-refractivity contribution in [2.24, 2.45) is 0 Å². The molecule has 1 atom stereocenters. The van der Waals surface area contributed by atoms with Gasteiger partial charge in [0.1, 0.15) is 5.75 Å². The second-order valence-electron chi connectivity index (χ2n) is 4.25. The Morgan fingerprint density at radius 2 is 1.68 bits per heavy atom. The third-order valence-corrected chi connectivity index (χ3v) is 4.02. The second-order valence-corrected chi connectivity index (χ2v) is 5.53. The summed E-state index contributed by atoms with van der Waals surface area (Å²) in [7, 11) is 1.60. The van der Waals surface area contributed by atoms with Gasteiger partial charge in [0.15, 0.2) is 0 Å². The normalized spacial score (nSPS) is 12.3. The van der Waals surface area contributed by atoms with E-state index in [1.54, 1.807) is 13.2 Å². The summed E-state index contributed by atoms with van der Waals surface area (Å²) in [6.45, 7) is 1.98. The number of hydrogen-bond acceptors (Lipinski definition) is 1. The first-order valence-electron chi connectivity index (χ1n) is 5.76. The van der Waals surface area contributed by atoms with Crippen molar-refractivity contribution in [3.8, 4) is 5.75 Å². The lowest BCUT2D eigenvalue weighted by Crippen LogP contribution is -1.97. The van der Waals surface area contributed by atoms with Crippen molar-refractivity contribution in [2.75, 3.05) is 7.11 Å². The van der Waals surface area contributed by atoms with Crippen molar-refractivity contribution in [1.82, 2.24) is 0 Å². The van der Waals surface area contributed by atoms with Gasteiger partial charge in [0, 0.05) is 10.0 Å². The topological polar surface area (TPSA) is 9.23 Å². The Morgan fingerprint density at radius 1 is 1.00 bits per heavy atom. The number of ether oxygens (including phenoxy) is 1. The Morgan fingerprint density at radius 3 is 2.26 bits per heavy atom. The van der Waals surface area contributed by atoms with Gasteiger partial charge < -0.3 is 4.74 Å². The molecule has 0 amide bonds. The fourth-order valence-electron chi connectivity index (χ4n) is 1.93. The Bertz CT molecular complexity index is 596. The molecule has 0 radical (unpaired) electrons. The number of hydrogen-bond donors (Lipinski definition) is 0. The van der Waals surface area contributed by atoms with Gasteiger partial charge >= 0.3 is 0 Å². The lowest BCUT2D eigenvalue weighted by Gasteiger charge is -2.15. The number of alkyl halides is 1. The summed E-state index contributed by atoms with van der Waals surface area (Å²) >= 11 is 18.7. The van der Waals surface area contributed by atoms with Crippen LogP contribution in [0.5, 0.6) is 5.75 Å². The van der Waals surface area contributed by atoms with Crippen LogP contribution >= 0.6 is 34.8 Å². The van der Waals surface area contributed by atoms with E-state index in [4.69, 9.17) is 39.5 Å². The van der Waals surface area contributed by atoms with E-state index in [-0.39, 0.29) is 5.38 Å². The van der Waals surface area contributed by atoms with Gasteiger partial charge in [-0.2, -0.15) is 0 Å². The molecule has 0 saturated carbocycles. The predicted molar refractivity (Wildman–Crippen MR) is 81.9 cm³/mol. The highest BCUT2D eigenvalue weighted by Crippen LogP contribution is 2.37. The molecule has 1 unspecified atom stereocenters. The second kappa shape index (κ2) is 6.04. The predicted octanol–water partition coefficient (Wildman–Crippen LogP) is 5.64. The van der Waals surface area contributed by atoms with Gasteiger partial charge in [-0.1, -0.05) is 35.3 Å². The van der Waals surface area contributed by atoms with Crippen LogP contribution in [0.25, 0.3) is 0 Å². The van der Waals surface area contributed by atoms with Crippen LogP contribution < -0.4 is 4.74 Å². The van der Waals surface area contributed by atoms with Crippen LogP contribution in [0, 0.1) is 6.92 Å². The van der Waals surface area contributed by atoms with Crippen molar-refractivity contribution in [3.63, 3.8) is 0 Å². The zero-order valence-electron chi connectivity index (χ0n) is 10.6. The summed E-state index contributed by atoms with van der Waals surface area (Å²) in [6.07, 6.45) is 0. The highest BCUT2D eigenvalue weighted by atomic mass is 35.5. The summed E-state index contributed by atoms with van der Waals surface area (Å²) < 4.78 is 5.13. The first kappa shape index (κ1) is 14.5. The van der Waals surface area contributed by atoms with Crippen molar-refractivity contribution in [3.05, 3.63) is 63.1 Å². The highest BCUT2D eigenvalue weighted by molar-refractivity contribution is 6.33. The van der Waals surface area contributed by atoms with Gasteiger partial charge in [-0.05, 0) is 47.9 Å². The van der Waals surface area contributed by atoms with E-state index in [1.165, 1.54) is 0 Å². The molecule has 4 heteroatoms. The molecular weight excluding hydrogens is 303 g/mol. The molecule has 0 aliphatic rings. The number of methoxy groups -OCH3 is 1. The van der Waals surface area contributed by atoms with E-state index < -0.39 is 0 Å². The largest absolute Gasteiger partial charge is 0.497 e. The maximum Gasteiger partial charge on any atom is 0.120 e. The molecule has 0 heterocycles. The quantitative estimate of drug-likeness (QED) is 0.666. The minimum atomic E-state index is -0.310. The molecule has 1 nitrogen and oxygen atoms in total. The third-order valence-electron chi connectivity index (χ3n) is 2.99. The van der Waals surface area contributed by atoms with Crippen LogP contribution in [0.1, 0.15) is 22.1 Å². The number of rotatable bonds is 3. The van der Waals surface area contributed by atoms with Crippen LogP contribution in [0.3, 0.4) is 0 Å². The molecule has 19 heavy (non-hydrogen) atoms. The summed E-state index contributed by atoms with van der Waals surface area (Å²) in [4.78, 5) is 0. The molecule has 0 spiro atoms. The Kier molecular flexibility index (Phi) is 4.62. The maximum absolute atomic E-state index is 6.52. The molecule has 2 aromatic carbocycles. The first-order valence-corrected chi connectivity index (χ1v) is 6.95. The van der Waals surface area contributed by atoms with Crippen LogP contribution in [-0.2, 0) is 0 Å². The van der Waals surface area contributed by atoms with Crippen LogP contribution in [0.4, 0.5) is 0 Å². The van der Waals surface area contributed by atoms with Crippen LogP contribution in [0.15, 0.2) is 36.4 Å². The van der Waals surface area contributed by atoms with Gasteiger partial charge in [0.2, 0.25) is 0 Å². The first-order chi connectivity index (χ1) is 9.02. The van der Waals surface area contributed by atoms with E-state index in [1.807, 2.05) is 37.3 Å².